The van der Waals surface area contributed by atoms with Crippen molar-refractivity contribution in [3.63, 3.8) is 0 Å². The number of fused-ring (bicyclic) bond motifs is 2. The molecule has 2 aromatic carbocycles. The smallest absolute Gasteiger partial charge is 0.266 e. The van der Waals surface area contributed by atoms with E-state index in [2.05, 4.69) is 36.4 Å². The minimum atomic E-state index is 0.0442. The molecule has 3 unspecified atom stereocenters. The zero-order chi connectivity index (χ0) is 21.7. The number of hydrogen-bond donors (Lipinski definition) is 0. The molecule has 3 aliphatic rings. The van der Waals surface area contributed by atoms with Crippen LogP contribution in [-0.2, 0) is 4.79 Å². The molecule has 2 saturated carbocycles. The minimum Gasteiger partial charge on any atom is -0.457 e. The van der Waals surface area contributed by atoms with Crippen LogP contribution in [0, 0.1) is 11.8 Å². The van der Waals surface area contributed by atoms with Crippen LogP contribution in [0.1, 0.15) is 31.4 Å². The number of thiocarbonyl (C=S) groups is 1. The maximum atomic E-state index is 13.1. The average Bonchev–Trinajstić information content (AvgIpc) is 3.61. The van der Waals surface area contributed by atoms with Crippen molar-refractivity contribution in [2.45, 2.75) is 31.7 Å². The Morgan fingerprint density at radius 3 is 2.38 bits per heavy atom. The van der Waals surface area contributed by atoms with E-state index in [1.54, 1.807) is 0 Å². The van der Waals surface area contributed by atoms with Crippen LogP contribution in [0.5, 0.6) is 0 Å². The van der Waals surface area contributed by atoms with Crippen LogP contribution in [0.2, 0.25) is 0 Å². The third-order valence-corrected chi connectivity index (χ3v) is 8.36. The van der Waals surface area contributed by atoms with Gasteiger partial charge in [0.25, 0.3) is 5.91 Å². The summed E-state index contributed by atoms with van der Waals surface area (Å²) in [4.78, 5) is 15.7. The van der Waals surface area contributed by atoms with Crippen LogP contribution in [-0.4, -0.2) is 21.2 Å². The molecule has 1 amide bonds. The Hall–Kier alpha value is -2.63. The number of nitrogens with zero attached hydrogens (tertiary/aromatic N) is 1. The van der Waals surface area contributed by atoms with E-state index in [4.69, 9.17) is 16.6 Å². The molecule has 2 heterocycles. The van der Waals surface area contributed by atoms with Gasteiger partial charge < -0.3 is 4.42 Å². The number of hydrogen-bond acceptors (Lipinski definition) is 4. The van der Waals surface area contributed by atoms with Crippen LogP contribution < -0.4 is 0 Å². The number of amides is 1. The summed E-state index contributed by atoms with van der Waals surface area (Å²) < 4.78 is 6.76. The number of carbonyl (C=O) groups excluding carboxylic acids is 1. The predicted octanol–water partition coefficient (Wildman–Crippen LogP) is 7.00. The topological polar surface area (TPSA) is 33.5 Å². The lowest BCUT2D eigenvalue weighted by Crippen LogP contribution is -2.41. The minimum absolute atomic E-state index is 0.0442. The third-order valence-electron chi connectivity index (χ3n) is 7.03. The fourth-order valence-electron chi connectivity index (χ4n) is 5.47. The Bertz CT molecular complexity index is 1210. The highest BCUT2D eigenvalue weighted by Gasteiger charge is 2.47. The number of furan rings is 1. The Balaban J connectivity index is 1.20. The summed E-state index contributed by atoms with van der Waals surface area (Å²) in [6.45, 7) is 0. The van der Waals surface area contributed by atoms with Gasteiger partial charge in [-0.1, -0.05) is 85.0 Å². The fraction of sp³-hybridized carbons (Fsp3) is 0.259. The summed E-state index contributed by atoms with van der Waals surface area (Å²) in [6, 6.07) is 22.8. The maximum absolute atomic E-state index is 13.1. The predicted molar refractivity (Wildman–Crippen MR) is 134 cm³/mol. The van der Waals surface area contributed by atoms with Gasteiger partial charge in [-0.05, 0) is 54.4 Å². The van der Waals surface area contributed by atoms with E-state index in [-0.39, 0.29) is 5.91 Å². The molecule has 1 aromatic heterocycles. The van der Waals surface area contributed by atoms with E-state index in [0.717, 1.165) is 23.7 Å². The molecule has 5 heteroatoms. The fourth-order valence-corrected chi connectivity index (χ4v) is 6.82. The summed E-state index contributed by atoms with van der Waals surface area (Å²) in [5.74, 6) is 2.91. The van der Waals surface area contributed by atoms with Gasteiger partial charge >= 0.3 is 0 Å². The highest BCUT2D eigenvalue weighted by atomic mass is 32.2. The monoisotopic (exact) mass is 457 g/mol. The van der Waals surface area contributed by atoms with Gasteiger partial charge in [-0.15, -0.1) is 0 Å². The maximum Gasteiger partial charge on any atom is 0.266 e. The highest BCUT2D eigenvalue weighted by Crippen LogP contribution is 2.49. The van der Waals surface area contributed by atoms with Crippen molar-refractivity contribution >= 4 is 40.3 Å². The molecule has 0 radical (unpaired) electrons. The largest absolute Gasteiger partial charge is 0.457 e. The zero-order valence-electron chi connectivity index (χ0n) is 17.6. The van der Waals surface area contributed by atoms with Gasteiger partial charge in [-0.2, -0.15) is 0 Å². The van der Waals surface area contributed by atoms with E-state index < -0.39 is 0 Å². The molecule has 160 valence electrons. The molecule has 3 atom stereocenters. The van der Waals surface area contributed by atoms with Crippen molar-refractivity contribution in [1.29, 1.82) is 0 Å². The first-order chi connectivity index (χ1) is 15.7. The van der Waals surface area contributed by atoms with Gasteiger partial charge in [-0.25, -0.2) is 0 Å². The molecule has 0 N–H and O–H groups in total. The molecule has 2 bridgehead atoms. The van der Waals surface area contributed by atoms with Crippen molar-refractivity contribution < 1.29 is 9.21 Å². The summed E-state index contributed by atoms with van der Waals surface area (Å²) in [6.07, 6.45) is 6.75. The second-order valence-electron chi connectivity index (χ2n) is 8.94. The quantitative estimate of drug-likeness (QED) is 0.312. The zero-order valence-corrected chi connectivity index (χ0v) is 19.2. The van der Waals surface area contributed by atoms with E-state index >= 15 is 0 Å². The Morgan fingerprint density at radius 2 is 1.66 bits per heavy atom. The number of thioether (sulfide) groups is 1. The van der Waals surface area contributed by atoms with Crippen molar-refractivity contribution in [2.24, 2.45) is 11.8 Å². The lowest BCUT2D eigenvalue weighted by Gasteiger charge is -2.30. The molecule has 3 aromatic rings. The van der Waals surface area contributed by atoms with Gasteiger partial charge in [0.1, 0.15) is 15.8 Å². The molecule has 1 aliphatic heterocycles. The first-order valence-corrected chi connectivity index (χ1v) is 12.4. The van der Waals surface area contributed by atoms with Gasteiger partial charge in [-0.3, -0.25) is 9.69 Å². The van der Waals surface area contributed by atoms with Crippen molar-refractivity contribution in [3.8, 4) is 22.5 Å². The second-order valence-corrected chi connectivity index (χ2v) is 10.6. The number of rotatable bonds is 4. The molecule has 0 spiro atoms. The first kappa shape index (κ1) is 20.0. The molecular weight excluding hydrogens is 434 g/mol. The molecule has 3 fully saturated rings. The summed E-state index contributed by atoms with van der Waals surface area (Å²) >= 11 is 7.00. The summed E-state index contributed by atoms with van der Waals surface area (Å²) in [5, 5.41) is 0. The van der Waals surface area contributed by atoms with E-state index in [9.17, 15) is 4.79 Å². The highest BCUT2D eigenvalue weighted by molar-refractivity contribution is 8.26. The normalized spacial score (nSPS) is 25.9. The molecule has 2 aliphatic carbocycles. The molecule has 1 saturated heterocycles. The van der Waals surface area contributed by atoms with Crippen molar-refractivity contribution in [1.82, 2.24) is 4.90 Å². The summed E-state index contributed by atoms with van der Waals surface area (Å²) in [7, 11) is 0. The average molecular weight is 458 g/mol. The van der Waals surface area contributed by atoms with Crippen molar-refractivity contribution in [3.05, 3.63) is 77.4 Å². The van der Waals surface area contributed by atoms with E-state index in [0.29, 0.717) is 26.9 Å². The lowest BCUT2D eigenvalue weighted by molar-refractivity contribution is -0.124. The third kappa shape index (κ3) is 3.54. The van der Waals surface area contributed by atoms with Crippen LogP contribution in [0.3, 0.4) is 0 Å². The van der Waals surface area contributed by atoms with Crippen LogP contribution in [0.4, 0.5) is 0 Å². The first-order valence-electron chi connectivity index (χ1n) is 11.2. The van der Waals surface area contributed by atoms with E-state index in [1.165, 1.54) is 42.2 Å². The van der Waals surface area contributed by atoms with Gasteiger partial charge in [0.15, 0.2) is 0 Å². The molecular formula is C27H23NO2S2. The van der Waals surface area contributed by atoms with Crippen molar-refractivity contribution in [2.75, 3.05) is 0 Å². The Labute approximate surface area is 197 Å². The van der Waals surface area contributed by atoms with E-state index in [1.807, 2.05) is 41.3 Å². The van der Waals surface area contributed by atoms with Gasteiger partial charge in [0.2, 0.25) is 0 Å². The standard InChI is InChI=1S/C27H23NO2S2/c29-26-25(32-27(31)28(26)23-15-17-6-7-21(23)14-17)16-22-12-13-24(30-22)20-10-8-19(9-11-20)18-4-2-1-3-5-18/h1-5,8-13,16-17,21,23H,6-7,14-15H2. The van der Waals surface area contributed by atoms with Crippen LogP contribution >= 0.6 is 24.0 Å². The van der Waals surface area contributed by atoms with Gasteiger partial charge in [0.05, 0.1) is 4.91 Å². The summed E-state index contributed by atoms with van der Waals surface area (Å²) in [5.41, 5.74) is 3.38. The number of carbonyl (C=O) groups is 1. The Kier molecular flexibility index (Phi) is 5.04. The van der Waals surface area contributed by atoms with Gasteiger partial charge in [0, 0.05) is 17.7 Å². The molecule has 32 heavy (non-hydrogen) atoms. The molecule has 6 rings (SSSR count). The number of benzene rings is 2. The second kappa shape index (κ2) is 8.05. The van der Waals surface area contributed by atoms with Crippen LogP contribution in [0.25, 0.3) is 28.5 Å². The SMILES string of the molecule is O=C1C(=Cc2ccc(-c3ccc(-c4ccccc4)cc3)o2)SC(=S)N1C1CC2CCC1C2. The molecule has 3 nitrogen and oxygen atoms in total. The Morgan fingerprint density at radius 1 is 0.906 bits per heavy atom. The lowest BCUT2D eigenvalue weighted by atomic mass is 9.94. The van der Waals surface area contributed by atoms with Crippen LogP contribution in [0.15, 0.2) is 76.1 Å².